The van der Waals surface area contributed by atoms with E-state index in [9.17, 15) is 4.79 Å². The van der Waals surface area contributed by atoms with Crippen molar-refractivity contribution in [1.82, 2.24) is 9.55 Å². The number of hydrogen-bond donors (Lipinski definition) is 0. The zero-order chi connectivity index (χ0) is 17.3. The first-order valence-electron chi connectivity index (χ1n) is 7.68. The number of ether oxygens (including phenoxy) is 3. The van der Waals surface area contributed by atoms with E-state index in [0.717, 1.165) is 11.3 Å². The van der Waals surface area contributed by atoms with Gasteiger partial charge in [0.15, 0.2) is 5.69 Å². The average Bonchev–Trinajstić information content (AvgIpc) is 2.81. The first-order chi connectivity index (χ1) is 11.5. The van der Waals surface area contributed by atoms with Gasteiger partial charge in [0, 0.05) is 12.0 Å². The van der Waals surface area contributed by atoms with Crippen LogP contribution in [0.5, 0.6) is 5.75 Å². The summed E-state index contributed by atoms with van der Waals surface area (Å²) < 4.78 is 17.9. The number of esters is 1. The van der Waals surface area contributed by atoms with Crippen LogP contribution in [0.1, 0.15) is 23.1 Å². The Balaban J connectivity index is 2.17. The number of carbonyl (C=O) groups excluding carboxylic acids is 1. The van der Waals surface area contributed by atoms with Crippen LogP contribution in [-0.4, -0.2) is 42.5 Å². The lowest BCUT2D eigenvalue weighted by Crippen LogP contribution is -2.15. The van der Waals surface area contributed by atoms with E-state index >= 15 is 0 Å². The van der Waals surface area contributed by atoms with E-state index in [1.807, 2.05) is 23.6 Å². The second-order valence-electron chi connectivity index (χ2n) is 5.61. The lowest BCUT2D eigenvalue weighted by atomic mass is 10.2. The minimum absolute atomic E-state index is 0.0268. The average molecular weight is 351 g/mol. The Morgan fingerprint density at radius 3 is 2.92 bits per heavy atom. The third kappa shape index (κ3) is 2.99. The first kappa shape index (κ1) is 16.8. The van der Waals surface area contributed by atoms with E-state index in [-0.39, 0.29) is 6.10 Å². The topological polar surface area (TPSA) is 62.6 Å². The largest absolute Gasteiger partial charge is 0.495 e. The molecular formula is C17H19ClN2O4. The van der Waals surface area contributed by atoms with Crippen molar-refractivity contribution in [3.8, 4) is 17.1 Å². The minimum Gasteiger partial charge on any atom is -0.495 e. The number of methoxy groups -OCH3 is 2. The number of benzene rings is 1. The van der Waals surface area contributed by atoms with Gasteiger partial charge in [-0.15, -0.1) is 0 Å². The van der Waals surface area contributed by atoms with Crippen LogP contribution >= 0.6 is 11.6 Å². The van der Waals surface area contributed by atoms with Crippen molar-refractivity contribution < 1.29 is 19.0 Å². The zero-order valence-corrected chi connectivity index (χ0v) is 14.6. The molecule has 0 amide bonds. The molecule has 0 bridgehead atoms. The smallest absolute Gasteiger partial charge is 0.358 e. The summed E-state index contributed by atoms with van der Waals surface area (Å²) in [5.74, 6) is 0.794. The number of aromatic nitrogens is 2. The molecule has 0 saturated carbocycles. The van der Waals surface area contributed by atoms with Crippen LogP contribution in [0.4, 0.5) is 0 Å². The Hall–Kier alpha value is -2.05. The number of carbonyl (C=O) groups is 1. The van der Waals surface area contributed by atoms with E-state index in [0.29, 0.717) is 41.9 Å². The Morgan fingerprint density at radius 1 is 1.42 bits per heavy atom. The summed E-state index contributed by atoms with van der Waals surface area (Å²) in [5.41, 5.74) is 1.98. The number of imidazole rings is 1. The number of nitrogens with zero attached hydrogens (tertiary/aromatic N) is 2. The van der Waals surface area contributed by atoms with Gasteiger partial charge in [0.05, 0.1) is 44.2 Å². The fourth-order valence-corrected chi connectivity index (χ4v) is 3.08. The predicted octanol–water partition coefficient (Wildman–Crippen LogP) is 2.96. The highest BCUT2D eigenvalue weighted by atomic mass is 35.5. The summed E-state index contributed by atoms with van der Waals surface area (Å²) in [6.45, 7) is 3.15. The van der Waals surface area contributed by atoms with Gasteiger partial charge in [-0.1, -0.05) is 11.6 Å². The Kier molecular flexibility index (Phi) is 4.78. The summed E-state index contributed by atoms with van der Waals surface area (Å²) in [5, 5.41) is 0.522. The van der Waals surface area contributed by atoms with Crippen LogP contribution in [0.15, 0.2) is 18.2 Å². The van der Waals surface area contributed by atoms with Gasteiger partial charge in [-0.3, -0.25) is 0 Å². The van der Waals surface area contributed by atoms with E-state index in [1.165, 1.54) is 7.11 Å². The van der Waals surface area contributed by atoms with Crippen molar-refractivity contribution in [3.63, 3.8) is 0 Å². The van der Waals surface area contributed by atoms with E-state index < -0.39 is 5.97 Å². The Labute approximate surface area is 145 Å². The quantitative estimate of drug-likeness (QED) is 0.796. The van der Waals surface area contributed by atoms with Crippen molar-refractivity contribution in [3.05, 3.63) is 34.6 Å². The van der Waals surface area contributed by atoms with Crippen LogP contribution in [0, 0.1) is 0 Å². The Morgan fingerprint density at radius 2 is 2.21 bits per heavy atom. The first-order valence-corrected chi connectivity index (χ1v) is 8.06. The van der Waals surface area contributed by atoms with Gasteiger partial charge in [-0.25, -0.2) is 9.78 Å². The molecule has 0 unspecified atom stereocenters. The second-order valence-corrected chi connectivity index (χ2v) is 6.02. The molecule has 2 aromatic rings. The predicted molar refractivity (Wildman–Crippen MR) is 89.7 cm³/mol. The third-order valence-electron chi connectivity index (χ3n) is 4.04. The summed E-state index contributed by atoms with van der Waals surface area (Å²) in [7, 11) is 2.92. The lowest BCUT2D eigenvalue weighted by molar-refractivity contribution is 0.0591. The summed E-state index contributed by atoms with van der Waals surface area (Å²) in [4.78, 5) is 16.7. The van der Waals surface area contributed by atoms with Gasteiger partial charge in [0.25, 0.3) is 0 Å². The van der Waals surface area contributed by atoms with Crippen molar-refractivity contribution >= 4 is 17.6 Å². The van der Waals surface area contributed by atoms with Gasteiger partial charge in [0.2, 0.25) is 0 Å². The maximum Gasteiger partial charge on any atom is 0.358 e. The molecule has 1 aromatic carbocycles. The zero-order valence-electron chi connectivity index (χ0n) is 13.8. The lowest BCUT2D eigenvalue weighted by Gasteiger charge is -2.13. The molecule has 1 aliphatic rings. The highest BCUT2D eigenvalue weighted by molar-refractivity contribution is 6.32. The van der Waals surface area contributed by atoms with E-state index in [2.05, 4.69) is 4.98 Å². The Bertz CT molecular complexity index is 772. The van der Waals surface area contributed by atoms with Gasteiger partial charge >= 0.3 is 5.97 Å². The molecule has 6 nitrogen and oxygen atoms in total. The molecule has 0 N–H and O–H groups in total. The normalized spacial score (nSPS) is 17.1. The van der Waals surface area contributed by atoms with E-state index in [1.54, 1.807) is 13.2 Å². The van der Waals surface area contributed by atoms with Crippen LogP contribution in [-0.2, 0) is 22.4 Å². The van der Waals surface area contributed by atoms with Crippen molar-refractivity contribution in [1.29, 1.82) is 0 Å². The van der Waals surface area contributed by atoms with E-state index in [4.69, 9.17) is 25.8 Å². The number of rotatable bonds is 3. The molecule has 0 radical (unpaired) electrons. The number of halogens is 1. The molecule has 2 heterocycles. The number of fused-ring (bicyclic) bond motifs is 1. The second kappa shape index (κ2) is 6.83. The molecule has 0 saturated heterocycles. The molecule has 128 valence electrons. The summed E-state index contributed by atoms with van der Waals surface area (Å²) >= 11 is 6.11. The molecule has 3 rings (SSSR count). The molecule has 24 heavy (non-hydrogen) atoms. The van der Waals surface area contributed by atoms with Crippen molar-refractivity contribution in [2.75, 3.05) is 20.8 Å². The fourth-order valence-electron chi connectivity index (χ4n) is 2.88. The molecule has 1 atom stereocenters. The molecule has 1 aromatic heterocycles. The molecule has 0 spiro atoms. The minimum atomic E-state index is -0.444. The summed E-state index contributed by atoms with van der Waals surface area (Å²) in [6.07, 6.45) is 0.630. The monoisotopic (exact) mass is 350 g/mol. The SMILES string of the molecule is COC(=O)c1nc(-c2ccc(Cl)c(OC)c2)n2c1CCO[C@H](C)C2. The van der Waals surface area contributed by atoms with Gasteiger partial charge in [0.1, 0.15) is 11.6 Å². The highest BCUT2D eigenvalue weighted by Gasteiger charge is 2.27. The van der Waals surface area contributed by atoms with Crippen molar-refractivity contribution in [2.45, 2.75) is 26.0 Å². The molecule has 0 aliphatic carbocycles. The fraction of sp³-hybridized carbons (Fsp3) is 0.412. The van der Waals surface area contributed by atoms with Crippen molar-refractivity contribution in [2.24, 2.45) is 0 Å². The summed E-state index contributed by atoms with van der Waals surface area (Å²) in [6, 6.07) is 5.43. The van der Waals surface area contributed by atoms with Gasteiger partial charge in [-0.05, 0) is 25.1 Å². The van der Waals surface area contributed by atoms with Crippen LogP contribution in [0.25, 0.3) is 11.4 Å². The van der Waals surface area contributed by atoms with Crippen LogP contribution in [0.3, 0.4) is 0 Å². The molecule has 0 fully saturated rings. The maximum atomic E-state index is 12.1. The molecule has 7 heteroatoms. The molecule has 1 aliphatic heterocycles. The van der Waals surface area contributed by atoms with Crippen LogP contribution in [0.2, 0.25) is 5.02 Å². The number of hydrogen-bond acceptors (Lipinski definition) is 5. The van der Waals surface area contributed by atoms with Gasteiger partial charge < -0.3 is 18.8 Å². The standard InChI is InChI=1S/C17H19ClN2O4/c1-10-9-20-13(6-7-24-10)15(17(21)23-3)19-16(20)11-4-5-12(18)14(8-11)22-2/h4-5,8,10H,6-7,9H2,1-3H3/t10-/m1/s1. The van der Waals surface area contributed by atoms with Crippen LogP contribution < -0.4 is 4.74 Å². The molecular weight excluding hydrogens is 332 g/mol. The third-order valence-corrected chi connectivity index (χ3v) is 4.35. The van der Waals surface area contributed by atoms with Gasteiger partial charge in [-0.2, -0.15) is 0 Å². The maximum absolute atomic E-state index is 12.1. The highest BCUT2D eigenvalue weighted by Crippen LogP contribution is 2.32.